The maximum absolute atomic E-state index is 11.9. The van der Waals surface area contributed by atoms with Gasteiger partial charge in [0.2, 0.25) is 10.0 Å². The molecule has 0 unspecified atom stereocenters. The molecule has 0 atom stereocenters. The van der Waals surface area contributed by atoms with Crippen molar-refractivity contribution in [1.82, 2.24) is 8.87 Å². The number of carboxylic acid groups (broad SMARTS) is 1. The number of carboxylic acids is 1. The van der Waals surface area contributed by atoms with Crippen molar-refractivity contribution in [3.8, 4) is 0 Å². The third-order valence-electron chi connectivity index (χ3n) is 2.76. The Morgan fingerprint density at radius 1 is 1.47 bits per heavy atom. The lowest BCUT2D eigenvalue weighted by atomic mass is 10.4. The zero-order chi connectivity index (χ0) is 12.8. The molecule has 1 saturated carbocycles. The highest BCUT2D eigenvalue weighted by Crippen LogP contribution is 2.37. The fourth-order valence-corrected chi connectivity index (χ4v) is 2.56. The standard InChI is InChI=1S/C10H14N2O4S/c1-11(2)17(15,16)8-5-9(10(13)14)12(6-8)7-3-4-7/h5-7H,3-4H2,1-2H3,(H,13,14). The predicted octanol–water partition coefficient (Wildman–Crippen LogP) is 0.771. The minimum absolute atomic E-state index is 0.0341. The normalized spacial score (nSPS) is 16.4. The zero-order valence-electron chi connectivity index (χ0n) is 9.62. The number of aromatic carboxylic acids is 1. The van der Waals surface area contributed by atoms with Crippen molar-refractivity contribution in [2.75, 3.05) is 14.1 Å². The minimum atomic E-state index is -3.57. The fraction of sp³-hybridized carbons (Fsp3) is 0.500. The SMILES string of the molecule is CN(C)S(=O)(=O)c1cc(C(=O)O)n(C2CC2)c1. The number of sulfonamides is 1. The molecule has 2 rings (SSSR count). The average Bonchev–Trinajstić information content (AvgIpc) is 2.96. The minimum Gasteiger partial charge on any atom is -0.477 e. The lowest BCUT2D eigenvalue weighted by molar-refractivity contribution is 0.0685. The van der Waals surface area contributed by atoms with Crippen molar-refractivity contribution < 1.29 is 18.3 Å². The summed E-state index contributed by atoms with van der Waals surface area (Å²) >= 11 is 0. The van der Waals surface area contributed by atoms with Crippen LogP contribution in [0.5, 0.6) is 0 Å². The van der Waals surface area contributed by atoms with E-state index in [1.54, 1.807) is 4.57 Å². The molecule has 1 N–H and O–H groups in total. The van der Waals surface area contributed by atoms with E-state index in [1.165, 1.54) is 26.4 Å². The van der Waals surface area contributed by atoms with E-state index in [0.29, 0.717) is 0 Å². The van der Waals surface area contributed by atoms with E-state index < -0.39 is 16.0 Å². The van der Waals surface area contributed by atoms with Crippen molar-refractivity contribution in [3.05, 3.63) is 18.0 Å². The van der Waals surface area contributed by atoms with Gasteiger partial charge in [0.25, 0.3) is 0 Å². The Balaban J connectivity index is 2.51. The van der Waals surface area contributed by atoms with Crippen LogP contribution in [0.15, 0.2) is 17.2 Å². The van der Waals surface area contributed by atoms with Gasteiger partial charge in [-0.15, -0.1) is 0 Å². The molecule has 6 nitrogen and oxygen atoms in total. The molecule has 0 radical (unpaired) electrons. The number of carbonyl (C=O) groups is 1. The second kappa shape index (κ2) is 3.85. The fourth-order valence-electron chi connectivity index (χ4n) is 1.63. The van der Waals surface area contributed by atoms with Gasteiger partial charge in [-0.1, -0.05) is 0 Å². The number of aromatic nitrogens is 1. The summed E-state index contributed by atoms with van der Waals surface area (Å²) in [5, 5.41) is 9.03. The van der Waals surface area contributed by atoms with Gasteiger partial charge in [0.15, 0.2) is 0 Å². The van der Waals surface area contributed by atoms with Crippen molar-refractivity contribution in [2.45, 2.75) is 23.8 Å². The molecule has 7 heteroatoms. The Hall–Kier alpha value is -1.34. The molecule has 1 aliphatic rings. The van der Waals surface area contributed by atoms with Crippen LogP contribution in [0.1, 0.15) is 29.4 Å². The Labute approximate surface area is 99.5 Å². The molecular weight excluding hydrogens is 244 g/mol. The van der Waals surface area contributed by atoms with E-state index in [-0.39, 0.29) is 16.6 Å². The number of hydrogen-bond donors (Lipinski definition) is 1. The highest BCUT2D eigenvalue weighted by atomic mass is 32.2. The van der Waals surface area contributed by atoms with Gasteiger partial charge in [-0.05, 0) is 18.9 Å². The maximum Gasteiger partial charge on any atom is 0.352 e. The highest BCUT2D eigenvalue weighted by molar-refractivity contribution is 7.89. The molecule has 0 spiro atoms. The molecule has 1 aromatic heterocycles. The summed E-state index contributed by atoms with van der Waals surface area (Å²) in [7, 11) is -0.727. The third-order valence-corrected chi connectivity index (χ3v) is 4.54. The van der Waals surface area contributed by atoms with Gasteiger partial charge >= 0.3 is 5.97 Å². The molecule has 1 aromatic rings. The topological polar surface area (TPSA) is 79.6 Å². The largest absolute Gasteiger partial charge is 0.477 e. The summed E-state index contributed by atoms with van der Waals surface area (Å²) in [6.07, 6.45) is 3.21. The Morgan fingerprint density at radius 3 is 2.47 bits per heavy atom. The van der Waals surface area contributed by atoms with Crippen LogP contribution in [-0.2, 0) is 10.0 Å². The summed E-state index contributed by atoms with van der Waals surface area (Å²) in [5.41, 5.74) is 0.0351. The molecule has 0 aliphatic heterocycles. The van der Waals surface area contributed by atoms with E-state index in [2.05, 4.69) is 0 Å². The van der Waals surface area contributed by atoms with Crippen LogP contribution < -0.4 is 0 Å². The van der Waals surface area contributed by atoms with Gasteiger partial charge in [-0.25, -0.2) is 17.5 Å². The van der Waals surface area contributed by atoms with Crippen LogP contribution in [0.4, 0.5) is 0 Å². The van der Waals surface area contributed by atoms with E-state index in [4.69, 9.17) is 5.11 Å². The van der Waals surface area contributed by atoms with Crippen LogP contribution in [0.3, 0.4) is 0 Å². The van der Waals surface area contributed by atoms with Crippen LogP contribution in [0.25, 0.3) is 0 Å². The van der Waals surface area contributed by atoms with E-state index >= 15 is 0 Å². The van der Waals surface area contributed by atoms with Crippen LogP contribution in [0.2, 0.25) is 0 Å². The van der Waals surface area contributed by atoms with Gasteiger partial charge in [0.05, 0.1) is 0 Å². The van der Waals surface area contributed by atoms with Crippen molar-refractivity contribution in [2.24, 2.45) is 0 Å². The summed E-state index contributed by atoms with van der Waals surface area (Å²) < 4.78 is 26.4. The van der Waals surface area contributed by atoms with Gasteiger partial charge in [0, 0.05) is 26.3 Å². The number of rotatable bonds is 4. The Bertz CT molecular complexity index is 555. The first-order chi connectivity index (χ1) is 7.84. The highest BCUT2D eigenvalue weighted by Gasteiger charge is 2.30. The molecule has 17 heavy (non-hydrogen) atoms. The van der Waals surface area contributed by atoms with E-state index in [1.807, 2.05) is 0 Å². The second-order valence-electron chi connectivity index (χ2n) is 4.29. The monoisotopic (exact) mass is 258 g/mol. The molecule has 0 bridgehead atoms. The third kappa shape index (κ3) is 2.07. The Kier molecular flexibility index (Phi) is 2.75. The Morgan fingerprint density at radius 2 is 2.06 bits per heavy atom. The number of hydrogen-bond acceptors (Lipinski definition) is 3. The predicted molar refractivity (Wildman–Crippen MR) is 60.5 cm³/mol. The first-order valence-corrected chi connectivity index (χ1v) is 6.65. The molecule has 1 aliphatic carbocycles. The average molecular weight is 258 g/mol. The lowest BCUT2D eigenvalue weighted by Gasteiger charge is -2.08. The quantitative estimate of drug-likeness (QED) is 0.865. The van der Waals surface area contributed by atoms with Crippen LogP contribution >= 0.6 is 0 Å². The van der Waals surface area contributed by atoms with Gasteiger partial charge in [-0.3, -0.25) is 0 Å². The maximum atomic E-state index is 11.9. The van der Waals surface area contributed by atoms with Crippen LogP contribution in [0, 0.1) is 0 Å². The second-order valence-corrected chi connectivity index (χ2v) is 6.44. The summed E-state index contributed by atoms with van der Waals surface area (Å²) in [6, 6.07) is 1.35. The summed E-state index contributed by atoms with van der Waals surface area (Å²) in [6.45, 7) is 0. The molecule has 1 heterocycles. The van der Waals surface area contributed by atoms with E-state index in [0.717, 1.165) is 17.1 Å². The summed E-state index contributed by atoms with van der Waals surface area (Å²) in [5.74, 6) is -1.10. The molecular formula is C10H14N2O4S. The lowest BCUT2D eigenvalue weighted by Crippen LogP contribution is -2.21. The summed E-state index contributed by atoms with van der Waals surface area (Å²) in [4.78, 5) is 11.1. The molecule has 0 amide bonds. The van der Waals surface area contributed by atoms with Crippen molar-refractivity contribution in [1.29, 1.82) is 0 Å². The van der Waals surface area contributed by atoms with Gasteiger partial charge < -0.3 is 9.67 Å². The first kappa shape index (κ1) is 12.1. The molecule has 94 valence electrons. The molecule has 1 fully saturated rings. The zero-order valence-corrected chi connectivity index (χ0v) is 10.4. The van der Waals surface area contributed by atoms with Crippen LogP contribution in [-0.4, -0.2) is 42.5 Å². The van der Waals surface area contributed by atoms with Crippen molar-refractivity contribution in [3.63, 3.8) is 0 Å². The smallest absolute Gasteiger partial charge is 0.352 e. The van der Waals surface area contributed by atoms with Gasteiger partial charge in [-0.2, -0.15) is 0 Å². The van der Waals surface area contributed by atoms with Gasteiger partial charge in [0.1, 0.15) is 10.6 Å². The molecule has 0 aromatic carbocycles. The van der Waals surface area contributed by atoms with E-state index in [9.17, 15) is 13.2 Å². The number of nitrogens with zero attached hydrogens (tertiary/aromatic N) is 2. The van der Waals surface area contributed by atoms with Crippen molar-refractivity contribution >= 4 is 16.0 Å². The molecule has 0 saturated heterocycles. The first-order valence-electron chi connectivity index (χ1n) is 5.21.